The smallest absolute Gasteiger partial charge is 0.308 e. The number of unbranched alkanes of at least 4 members (excludes halogenated alkanes) is 8. The van der Waals surface area contributed by atoms with Crippen molar-refractivity contribution in [2.45, 2.75) is 148 Å². The molecular weight excluding hydrogens is 496 g/mol. The predicted molar refractivity (Wildman–Crippen MR) is 163 cm³/mol. The standard InChI is InChI=1S/C36H58O4/c1-4-6-7-12-15-26(35(39)40-5-2)16-13-10-8-9-11-14-17-28-25-36(3)32(22-23-33(36)38)31-20-18-27-24-29(37)19-21-30(27)34(28)31/h19,21,24,26,28,31-34,37-38H,4-18,20,22-23,25H2,1-3H3/t26?,28-,31?,32?,33-,34?,36-/m0/s1. The Kier molecular flexibility index (Phi) is 11.8. The van der Waals surface area contributed by atoms with E-state index in [9.17, 15) is 15.0 Å². The average molecular weight is 555 g/mol. The fraction of sp³-hybridized carbons (Fsp3) is 0.806. The van der Waals surface area contributed by atoms with E-state index in [4.69, 9.17) is 4.74 Å². The summed E-state index contributed by atoms with van der Waals surface area (Å²) in [5.41, 5.74) is 2.93. The van der Waals surface area contributed by atoms with Crippen molar-refractivity contribution in [3.63, 3.8) is 0 Å². The van der Waals surface area contributed by atoms with Gasteiger partial charge in [0.1, 0.15) is 5.75 Å². The van der Waals surface area contributed by atoms with Gasteiger partial charge in [0.15, 0.2) is 0 Å². The molecule has 2 saturated carbocycles. The summed E-state index contributed by atoms with van der Waals surface area (Å²) in [6.45, 7) is 7.01. The van der Waals surface area contributed by atoms with Crippen molar-refractivity contribution >= 4 is 5.97 Å². The highest BCUT2D eigenvalue weighted by Crippen LogP contribution is 2.63. The lowest BCUT2D eigenvalue weighted by atomic mass is 9.51. The van der Waals surface area contributed by atoms with Gasteiger partial charge in [-0.1, -0.05) is 84.1 Å². The first kappa shape index (κ1) is 31.4. The van der Waals surface area contributed by atoms with E-state index in [0.29, 0.717) is 36.0 Å². The molecule has 3 aliphatic rings. The third-order valence-electron chi connectivity index (χ3n) is 11.2. The molecule has 1 aromatic carbocycles. The topological polar surface area (TPSA) is 66.8 Å². The van der Waals surface area contributed by atoms with Gasteiger partial charge >= 0.3 is 5.97 Å². The van der Waals surface area contributed by atoms with Crippen LogP contribution in [-0.2, 0) is 16.0 Å². The van der Waals surface area contributed by atoms with Crippen LogP contribution in [0.3, 0.4) is 0 Å². The second-order valence-corrected chi connectivity index (χ2v) is 13.8. The number of aliphatic hydroxyl groups excluding tert-OH is 1. The van der Waals surface area contributed by atoms with Crippen molar-refractivity contribution < 1.29 is 19.7 Å². The number of carbonyl (C=O) groups is 1. The fourth-order valence-corrected chi connectivity index (χ4v) is 9.09. The number of carbonyl (C=O) groups excluding carboxylic acids is 1. The van der Waals surface area contributed by atoms with Crippen molar-refractivity contribution in [1.29, 1.82) is 0 Å². The van der Waals surface area contributed by atoms with Gasteiger partial charge in [-0.15, -0.1) is 0 Å². The third kappa shape index (κ3) is 7.44. The first-order valence-corrected chi connectivity index (χ1v) is 17.1. The van der Waals surface area contributed by atoms with Gasteiger partial charge < -0.3 is 14.9 Å². The molecule has 0 heterocycles. The quantitative estimate of drug-likeness (QED) is 0.158. The average Bonchev–Trinajstić information content (AvgIpc) is 3.24. The minimum atomic E-state index is -0.146. The van der Waals surface area contributed by atoms with E-state index in [1.807, 2.05) is 19.1 Å². The molecule has 0 aromatic heterocycles. The monoisotopic (exact) mass is 554 g/mol. The highest BCUT2D eigenvalue weighted by Gasteiger charge is 2.57. The summed E-state index contributed by atoms with van der Waals surface area (Å²) < 4.78 is 5.37. The molecule has 7 atom stereocenters. The molecule has 4 heteroatoms. The van der Waals surface area contributed by atoms with Gasteiger partial charge in [-0.25, -0.2) is 0 Å². The van der Waals surface area contributed by atoms with Crippen LogP contribution >= 0.6 is 0 Å². The molecule has 3 aliphatic carbocycles. The molecule has 4 rings (SSSR count). The van der Waals surface area contributed by atoms with E-state index < -0.39 is 0 Å². The third-order valence-corrected chi connectivity index (χ3v) is 11.2. The molecule has 4 nitrogen and oxygen atoms in total. The first-order valence-electron chi connectivity index (χ1n) is 17.1. The largest absolute Gasteiger partial charge is 0.508 e. The maximum atomic E-state index is 12.4. The van der Waals surface area contributed by atoms with Gasteiger partial charge in [0.25, 0.3) is 0 Å². The van der Waals surface area contributed by atoms with Crippen molar-refractivity contribution in [1.82, 2.24) is 0 Å². The number of phenolic OH excluding ortho intramolecular Hbond substituents is 1. The number of ether oxygens (including phenoxy) is 1. The number of fused-ring (bicyclic) bond motifs is 5. The molecule has 0 amide bonds. The zero-order valence-electron chi connectivity index (χ0n) is 25.8. The zero-order chi connectivity index (χ0) is 28.5. The number of benzene rings is 1. The van der Waals surface area contributed by atoms with E-state index in [1.165, 1.54) is 81.8 Å². The number of rotatable bonds is 16. The molecule has 0 spiro atoms. The Hall–Kier alpha value is -1.55. The number of hydrogen-bond donors (Lipinski definition) is 2. The molecule has 2 N–H and O–H groups in total. The van der Waals surface area contributed by atoms with Crippen LogP contribution < -0.4 is 0 Å². The summed E-state index contributed by atoms with van der Waals surface area (Å²) in [7, 11) is 0. The molecule has 0 bridgehead atoms. The lowest BCUT2D eigenvalue weighted by Crippen LogP contribution is -2.47. The maximum absolute atomic E-state index is 12.4. The Balaban J connectivity index is 1.24. The van der Waals surface area contributed by atoms with Gasteiger partial charge in [0.05, 0.1) is 18.6 Å². The molecule has 0 aliphatic heterocycles. The molecule has 226 valence electrons. The van der Waals surface area contributed by atoms with Crippen LogP contribution in [0.1, 0.15) is 147 Å². The molecule has 4 unspecified atom stereocenters. The Morgan fingerprint density at radius 1 is 0.975 bits per heavy atom. The highest BCUT2D eigenvalue weighted by molar-refractivity contribution is 5.72. The number of aromatic hydroxyl groups is 1. The minimum absolute atomic E-state index is 0.0209. The van der Waals surface area contributed by atoms with Gasteiger partial charge in [0, 0.05) is 0 Å². The van der Waals surface area contributed by atoms with Crippen LogP contribution in [0.5, 0.6) is 5.75 Å². The fourth-order valence-electron chi connectivity index (χ4n) is 9.09. The first-order chi connectivity index (χ1) is 19.4. The summed E-state index contributed by atoms with van der Waals surface area (Å²) in [6.07, 6.45) is 20.9. The van der Waals surface area contributed by atoms with Crippen LogP contribution in [-0.4, -0.2) is 28.9 Å². The predicted octanol–water partition coefficient (Wildman–Crippen LogP) is 9.11. The van der Waals surface area contributed by atoms with Crippen LogP contribution in [0.25, 0.3) is 0 Å². The van der Waals surface area contributed by atoms with Crippen LogP contribution in [0.15, 0.2) is 18.2 Å². The Morgan fingerprint density at radius 3 is 2.40 bits per heavy atom. The summed E-state index contributed by atoms with van der Waals surface area (Å²) in [6, 6.07) is 6.13. The molecule has 1 aromatic rings. The summed E-state index contributed by atoms with van der Waals surface area (Å²) in [5.74, 6) is 3.03. The highest BCUT2D eigenvalue weighted by atomic mass is 16.5. The molecule has 2 fully saturated rings. The Bertz CT molecular complexity index is 927. The van der Waals surface area contributed by atoms with Gasteiger partial charge in [-0.2, -0.15) is 0 Å². The molecular formula is C36H58O4. The second kappa shape index (κ2) is 15.1. The van der Waals surface area contributed by atoms with Gasteiger partial charge in [0.2, 0.25) is 0 Å². The van der Waals surface area contributed by atoms with E-state index in [0.717, 1.165) is 44.9 Å². The van der Waals surface area contributed by atoms with E-state index in [2.05, 4.69) is 19.9 Å². The maximum Gasteiger partial charge on any atom is 0.308 e. The molecule has 40 heavy (non-hydrogen) atoms. The van der Waals surface area contributed by atoms with Gasteiger partial charge in [-0.05, 0) is 111 Å². The van der Waals surface area contributed by atoms with E-state index in [1.54, 1.807) is 0 Å². The van der Waals surface area contributed by atoms with Gasteiger partial charge in [-0.3, -0.25) is 4.79 Å². The van der Waals surface area contributed by atoms with E-state index in [-0.39, 0.29) is 23.4 Å². The number of hydrogen-bond acceptors (Lipinski definition) is 4. The van der Waals surface area contributed by atoms with Crippen molar-refractivity contribution in [2.75, 3.05) is 6.61 Å². The number of esters is 1. The summed E-state index contributed by atoms with van der Waals surface area (Å²) in [4.78, 5) is 12.4. The zero-order valence-corrected chi connectivity index (χ0v) is 25.8. The Labute approximate surface area is 244 Å². The van der Waals surface area contributed by atoms with Crippen molar-refractivity contribution in [3.05, 3.63) is 29.3 Å². The van der Waals surface area contributed by atoms with Crippen LogP contribution in [0, 0.1) is 29.1 Å². The lowest BCUT2D eigenvalue weighted by molar-refractivity contribution is -0.148. The SMILES string of the molecule is CCCCCCC(CCCCCCCC[C@H]1C[C@@]2(C)C(CC[C@@H]2O)C2CCc3cc(O)ccc3C21)C(=O)OCC. The lowest BCUT2D eigenvalue weighted by Gasteiger charge is -2.54. The summed E-state index contributed by atoms with van der Waals surface area (Å²) in [5, 5.41) is 21.1. The minimum Gasteiger partial charge on any atom is -0.508 e. The Morgan fingerprint density at radius 2 is 1.68 bits per heavy atom. The number of aliphatic hydroxyl groups is 1. The number of phenols is 1. The van der Waals surface area contributed by atoms with Crippen LogP contribution in [0.4, 0.5) is 0 Å². The molecule has 0 radical (unpaired) electrons. The van der Waals surface area contributed by atoms with Crippen LogP contribution in [0.2, 0.25) is 0 Å². The second-order valence-electron chi connectivity index (χ2n) is 13.8. The number of aryl methyl sites for hydroxylation is 1. The molecule has 0 saturated heterocycles. The normalized spacial score (nSPS) is 29.9. The van der Waals surface area contributed by atoms with E-state index >= 15 is 0 Å². The summed E-state index contributed by atoms with van der Waals surface area (Å²) >= 11 is 0. The van der Waals surface area contributed by atoms with Crippen molar-refractivity contribution in [3.8, 4) is 5.75 Å². The van der Waals surface area contributed by atoms with Crippen molar-refractivity contribution in [2.24, 2.45) is 29.1 Å².